The predicted molar refractivity (Wildman–Crippen MR) is 137 cm³/mol. The van der Waals surface area contributed by atoms with Gasteiger partial charge in [0.1, 0.15) is 0 Å². The van der Waals surface area contributed by atoms with Gasteiger partial charge in [-0.25, -0.2) is 0 Å². The van der Waals surface area contributed by atoms with Gasteiger partial charge < -0.3 is 4.90 Å². The molecule has 0 bridgehead atoms. The molecule has 2 rings (SSSR count). The van der Waals surface area contributed by atoms with Crippen molar-refractivity contribution in [1.82, 2.24) is 9.88 Å². The topological polar surface area (TPSA) is 16.1 Å². The molecule has 2 nitrogen and oxygen atoms in total. The number of hydrogen-bond acceptors (Lipinski definition) is 4. The van der Waals surface area contributed by atoms with Crippen LogP contribution >= 0.6 is 22.7 Å². The maximum absolute atomic E-state index is 4.51. The van der Waals surface area contributed by atoms with Crippen molar-refractivity contribution < 1.29 is 0 Å². The molecule has 0 saturated carbocycles. The Hall–Kier alpha value is 0.0887. The van der Waals surface area contributed by atoms with Crippen LogP contribution in [0.3, 0.4) is 0 Å². The van der Waals surface area contributed by atoms with E-state index >= 15 is 0 Å². The average Bonchev–Trinajstić information content (AvgIpc) is 3.31. The molecule has 0 fully saturated rings. The number of aromatic nitrogens is 1. The largest absolute Gasteiger partial charge is 0.312 e. The van der Waals surface area contributed by atoms with Crippen LogP contribution in [0.1, 0.15) is 89.5 Å². The molecule has 0 aliphatic carbocycles. The zero-order valence-corrected chi connectivity index (χ0v) is 24.1. The Morgan fingerprint density at radius 1 is 0.862 bits per heavy atom. The SMILES string of the molecule is CCCCCCCCCCCCCCc1c[c]([SnH])sc1-c1nccs1.CN(C)C. The van der Waals surface area contributed by atoms with E-state index in [1.807, 2.05) is 43.6 Å². The first-order valence-electron chi connectivity index (χ1n) is 11.4. The summed E-state index contributed by atoms with van der Waals surface area (Å²) in [6.07, 6.45) is 20.3. The molecule has 0 atom stereocenters. The van der Waals surface area contributed by atoms with Crippen molar-refractivity contribution in [2.45, 2.75) is 90.4 Å². The Labute approximate surface area is 201 Å². The molecule has 0 aliphatic rings. The Balaban J connectivity index is 0.000000960. The third-order valence-electron chi connectivity index (χ3n) is 4.75. The summed E-state index contributed by atoms with van der Waals surface area (Å²) >= 11 is 4.97. The minimum Gasteiger partial charge on any atom is -0.312 e. The van der Waals surface area contributed by atoms with Gasteiger partial charge in [-0.2, -0.15) is 0 Å². The van der Waals surface area contributed by atoms with Gasteiger partial charge >= 0.3 is 144 Å². The number of thiophene rings is 1. The van der Waals surface area contributed by atoms with Crippen molar-refractivity contribution in [3.05, 3.63) is 23.2 Å². The zero-order valence-electron chi connectivity index (χ0n) is 19.2. The monoisotopic (exact) mass is 542 g/mol. The molecule has 0 saturated heterocycles. The number of rotatable bonds is 14. The number of hydrogen-bond donors (Lipinski definition) is 0. The molecule has 29 heavy (non-hydrogen) atoms. The van der Waals surface area contributed by atoms with Gasteiger partial charge in [0.15, 0.2) is 0 Å². The smallest absolute Gasteiger partial charge is 0.0140 e. The molecule has 0 unspecified atom stereocenters. The summed E-state index contributed by atoms with van der Waals surface area (Å²) in [5.74, 6) is 0. The van der Waals surface area contributed by atoms with Crippen molar-refractivity contribution in [2.75, 3.05) is 21.1 Å². The quantitative estimate of drug-likeness (QED) is 0.193. The van der Waals surface area contributed by atoms with E-state index in [0.717, 1.165) is 0 Å². The van der Waals surface area contributed by atoms with Crippen LogP contribution in [0.25, 0.3) is 9.88 Å². The van der Waals surface area contributed by atoms with Crippen molar-refractivity contribution >= 4 is 48.1 Å². The normalized spacial score (nSPS) is 11.0. The number of thiazole rings is 1. The van der Waals surface area contributed by atoms with E-state index in [1.165, 1.54) is 116 Å². The summed E-state index contributed by atoms with van der Waals surface area (Å²) in [5, 5.41) is 3.31. The summed E-state index contributed by atoms with van der Waals surface area (Å²) < 4.78 is 1.55. The molecule has 0 N–H and O–H groups in total. The maximum atomic E-state index is 4.51. The van der Waals surface area contributed by atoms with Crippen molar-refractivity contribution in [2.24, 2.45) is 0 Å². The molecular weight excluding hydrogens is 499 g/mol. The van der Waals surface area contributed by atoms with E-state index in [1.54, 1.807) is 19.8 Å². The molecule has 2 aromatic heterocycles. The fraction of sp³-hybridized carbons (Fsp3) is 0.708. The van der Waals surface area contributed by atoms with Crippen LogP contribution in [-0.4, -0.2) is 53.6 Å². The van der Waals surface area contributed by atoms with Crippen LogP contribution in [-0.2, 0) is 6.42 Å². The van der Waals surface area contributed by atoms with Crippen LogP contribution in [0, 0.1) is 0 Å². The van der Waals surface area contributed by atoms with Gasteiger partial charge in [-0.05, 0) is 21.1 Å². The Morgan fingerprint density at radius 2 is 1.38 bits per heavy atom. The van der Waals surface area contributed by atoms with Crippen LogP contribution < -0.4 is 2.89 Å². The molecule has 0 aromatic carbocycles. The second kappa shape index (κ2) is 17.7. The first-order chi connectivity index (χ1) is 14.0. The maximum Gasteiger partial charge on any atom is -0.0140 e. The molecule has 2 heterocycles. The molecule has 2 radical (unpaired) electrons. The fourth-order valence-electron chi connectivity index (χ4n) is 3.31. The molecule has 164 valence electrons. The number of unbranched alkanes of at least 4 members (excludes halogenated alkanes) is 11. The zero-order chi connectivity index (χ0) is 21.3. The van der Waals surface area contributed by atoms with Crippen molar-refractivity contribution in [3.8, 4) is 9.88 Å². The molecular formula is C24H42N2S2Sn. The minimum absolute atomic E-state index is 1.22. The number of nitrogens with zero attached hydrogens (tertiary/aromatic N) is 2. The second-order valence-electron chi connectivity index (χ2n) is 8.32. The molecule has 0 spiro atoms. The van der Waals surface area contributed by atoms with Crippen molar-refractivity contribution in [1.29, 1.82) is 0 Å². The standard InChI is InChI=1S/C21H32NS2.C3H9N.Sn.H/c1-2-3-4-5-6-7-8-9-10-11-12-13-14-19-15-17-23-20(19)21-22-16-18-24-21;1-4(2)3;;/h15-16,18H,2-14H2,1H3;1-3H3;;. The van der Waals surface area contributed by atoms with E-state index in [4.69, 9.17) is 0 Å². The third kappa shape index (κ3) is 13.9. The van der Waals surface area contributed by atoms with E-state index in [0.29, 0.717) is 0 Å². The second-order valence-corrected chi connectivity index (χ2v) is 13.3. The molecule has 5 heteroatoms. The first-order valence-corrected chi connectivity index (χ1v) is 14.8. The van der Waals surface area contributed by atoms with E-state index in [-0.39, 0.29) is 0 Å². The van der Waals surface area contributed by atoms with Crippen LogP contribution in [0.5, 0.6) is 0 Å². The summed E-state index contributed by atoms with van der Waals surface area (Å²) in [5.41, 5.74) is 1.55. The van der Waals surface area contributed by atoms with E-state index in [9.17, 15) is 0 Å². The van der Waals surface area contributed by atoms with Gasteiger partial charge in [0.25, 0.3) is 0 Å². The average molecular weight is 541 g/mol. The van der Waals surface area contributed by atoms with Gasteiger partial charge in [0, 0.05) is 0 Å². The first kappa shape index (κ1) is 27.1. The van der Waals surface area contributed by atoms with Crippen LogP contribution in [0.15, 0.2) is 17.6 Å². The van der Waals surface area contributed by atoms with Crippen LogP contribution in [0.4, 0.5) is 0 Å². The number of aryl methyl sites for hydroxylation is 1. The van der Waals surface area contributed by atoms with E-state index in [2.05, 4.69) is 23.4 Å². The van der Waals surface area contributed by atoms with E-state index < -0.39 is 0 Å². The molecule has 2 aromatic rings. The summed E-state index contributed by atoms with van der Waals surface area (Å²) in [7, 11) is 6.00. The predicted octanol–water partition coefficient (Wildman–Crippen LogP) is 6.82. The van der Waals surface area contributed by atoms with Gasteiger partial charge in [0.2, 0.25) is 0 Å². The van der Waals surface area contributed by atoms with Gasteiger partial charge in [-0.15, -0.1) is 0 Å². The fourth-order valence-corrected chi connectivity index (χ4v) is 6.64. The third-order valence-corrected chi connectivity index (χ3v) is 8.17. The summed E-state index contributed by atoms with van der Waals surface area (Å²) in [6, 6.07) is 2.43. The van der Waals surface area contributed by atoms with Gasteiger partial charge in [0.05, 0.1) is 0 Å². The van der Waals surface area contributed by atoms with Gasteiger partial charge in [-0.1, -0.05) is 32.6 Å². The Bertz CT molecular complexity index is 606. The minimum atomic E-state index is 1.22. The molecule has 0 aliphatic heterocycles. The molecule has 0 amide bonds. The van der Waals surface area contributed by atoms with Gasteiger partial charge in [-0.3, -0.25) is 0 Å². The van der Waals surface area contributed by atoms with Crippen LogP contribution in [0.2, 0.25) is 0 Å². The summed E-state index contributed by atoms with van der Waals surface area (Å²) in [4.78, 5) is 7.96. The summed E-state index contributed by atoms with van der Waals surface area (Å²) in [6.45, 7) is 2.29. The van der Waals surface area contributed by atoms with Crippen molar-refractivity contribution in [3.63, 3.8) is 0 Å². The Kier molecular flexibility index (Phi) is 16.6. The Morgan fingerprint density at radius 3 is 1.86 bits per heavy atom.